The molecule has 4 nitrogen and oxygen atoms in total. The lowest BCUT2D eigenvalue weighted by atomic mass is 9.98. The number of rotatable bonds is 4. The van der Waals surface area contributed by atoms with Gasteiger partial charge >= 0.3 is 0 Å². The van der Waals surface area contributed by atoms with Crippen molar-refractivity contribution in [3.63, 3.8) is 0 Å². The lowest BCUT2D eigenvalue weighted by Crippen LogP contribution is -2.20. The summed E-state index contributed by atoms with van der Waals surface area (Å²) in [5.74, 6) is 1.08. The highest BCUT2D eigenvalue weighted by molar-refractivity contribution is 6.31. The second-order valence-corrected chi connectivity index (χ2v) is 4.66. The number of ether oxygens (including phenoxy) is 1. The van der Waals surface area contributed by atoms with Crippen LogP contribution >= 0.6 is 11.6 Å². The Morgan fingerprint density at radius 1 is 1.41 bits per heavy atom. The summed E-state index contributed by atoms with van der Waals surface area (Å²) in [4.78, 5) is 8.37. The maximum Gasteiger partial charge on any atom is 0.237 e. The molecule has 0 aliphatic heterocycles. The zero-order chi connectivity index (χ0) is 12.1. The first kappa shape index (κ1) is 12.4. The Labute approximate surface area is 107 Å². The highest BCUT2D eigenvalue weighted by Crippen LogP contribution is 2.27. The first-order chi connectivity index (χ1) is 8.29. The van der Waals surface area contributed by atoms with Gasteiger partial charge in [-0.1, -0.05) is 18.0 Å². The zero-order valence-electron chi connectivity index (χ0n) is 10.1. The van der Waals surface area contributed by atoms with Crippen LogP contribution in [0.25, 0.3) is 0 Å². The van der Waals surface area contributed by atoms with E-state index in [1.807, 2.05) is 6.92 Å². The zero-order valence-corrected chi connectivity index (χ0v) is 10.8. The Morgan fingerprint density at radius 3 is 2.88 bits per heavy atom. The van der Waals surface area contributed by atoms with Crippen molar-refractivity contribution in [1.29, 1.82) is 0 Å². The average Bonchev–Trinajstić information content (AvgIpc) is 2.35. The molecule has 0 radical (unpaired) electrons. The SMILES string of the molecule is CCNc1ncc(Cl)c(OC2CCCCC2)n1. The van der Waals surface area contributed by atoms with Gasteiger partial charge in [-0.05, 0) is 32.6 Å². The number of hydrogen-bond acceptors (Lipinski definition) is 4. The molecule has 0 aromatic carbocycles. The number of nitrogens with zero attached hydrogens (tertiary/aromatic N) is 2. The Hall–Kier alpha value is -1.03. The van der Waals surface area contributed by atoms with Gasteiger partial charge in [-0.3, -0.25) is 0 Å². The molecule has 1 saturated carbocycles. The van der Waals surface area contributed by atoms with Crippen molar-refractivity contribution >= 4 is 17.5 Å². The normalized spacial score (nSPS) is 16.8. The summed E-state index contributed by atoms with van der Waals surface area (Å²) >= 11 is 6.04. The maximum atomic E-state index is 6.04. The molecule has 1 heterocycles. The molecule has 1 aliphatic carbocycles. The van der Waals surface area contributed by atoms with Crippen LogP contribution in [0, 0.1) is 0 Å². The average molecular weight is 256 g/mol. The van der Waals surface area contributed by atoms with Crippen LogP contribution in [0.2, 0.25) is 5.02 Å². The van der Waals surface area contributed by atoms with E-state index in [0.717, 1.165) is 19.4 Å². The van der Waals surface area contributed by atoms with Gasteiger partial charge in [-0.25, -0.2) is 4.98 Å². The molecule has 0 saturated heterocycles. The third-order valence-electron chi connectivity index (χ3n) is 2.88. The minimum absolute atomic E-state index is 0.255. The summed E-state index contributed by atoms with van der Waals surface area (Å²) in [6, 6.07) is 0. The van der Waals surface area contributed by atoms with Crippen molar-refractivity contribution in [3.05, 3.63) is 11.2 Å². The number of hydrogen-bond donors (Lipinski definition) is 1. The van der Waals surface area contributed by atoms with Gasteiger partial charge in [0.25, 0.3) is 0 Å². The van der Waals surface area contributed by atoms with Gasteiger partial charge in [-0.15, -0.1) is 0 Å². The molecule has 1 aromatic rings. The number of aromatic nitrogens is 2. The maximum absolute atomic E-state index is 6.04. The molecule has 0 atom stereocenters. The van der Waals surface area contributed by atoms with Gasteiger partial charge in [0.1, 0.15) is 11.1 Å². The van der Waals surface area contributed by atoms with E-state index in [9.17, 15) is 0 Å². The van der Waals surface area contributed by atoms with Crippen LogP contribution in [0.3, 0.4) is 0 Å². The minimum atomic E-state index is 0.255. The molecule has 0 spiro atoms. The van der Waals surface area contributed by atoms with Crippen molar-refractivity contribution in [2.24, 2.45) is 0 Å². The van der Waals surface area contributed by atoms with E-state index in [2.05, 4.69) is 15.3 Å². The Bertz CT molecular complexity index is 367. The second-order valence-electron chi connectivity index (χ2n) is 4.25. The molecule has 0 amide bonds. The highest BCUT2D eigenvalue weighted by Gasteiger charge is 2.17. The van der Waals surface area contributed by atoms with E-state index in [-0.39, 0.29) is 6.10 Å². The van der Waals surface area contributed by atoms with E-state index in [1.54, 1.807) is 6.20 Å². The van der Waals surface area contributed by atoms with E-state index >= 15 is 0 Å². The topological polar surface area (TPSA) is 47.0 Å². The second kappa shape index (κ2) is 6.05. The fraction of sp³-hybridized carbons (Fsp3) is 0.667. The van der Waals surface area contributed by atoms with Crippen LogP contribution in [0.1, 0.15) is 39.0 Å². The number of nitrogens with one attached hydrogen (secondary N) is 1. The van der Waals surface area contributed by atoms with Gasteiger partial charge in [0.15, 0.2) is 0 Å². The quantitative estimate of drug-likeness (QED) is 0.897. The fourth-order valence-electron chi connectivity index (χ4n) is 2.02. The summed E-state index contributed by atoms with van der Waals surface area (Å²) in [6.07, 6.45) is 7.80. The molecule has 94 valence electrons. The summed E-state index contributed by atoms with van der Waals surface area (Å²) < 4.78 is 5.85. The smallest absolute Gasteiger partial charge is 0.237 e. The Morgan fingerprint density at radius 2 is 2.18 bits per heavy atom. The standard InChI is InChI=1S/C12H18ClN3O/c1-2-14-12-15-8-10(13)11(16-12)17-9-6-4-3-5-7-9/h8-9H,2-7H2,1H3,(H,14,15,16). The van der Waals surface area contributed by atoms with Crippen LogP contribution in [-0.4, -0.2) is 22.6 Å². The van der Waals surface area contributed by atoms with Gasteiger partial charge in [0, 0.05) is 6.54 Å². The molecule has 0 bridgehead atoms. The molecule has 1 N–H and O–H groups in total. The molecule has 1 aliphatic rings. The van der Waals surface area contributed by atoms with Gasteiger partial charge in [0.05, 0.1) is 6.20 Å². The number of halogens is 1. The molecular weight excluding hydrogens is 238 g/mol. The van der Waals surface area contributed by atoms with E-state index < -0.39 is 0 Å². The van der Waals surface area contributed by atoms with Crippen molar-refractivity contribution in [1.82, 2.24) is 9.97 Å². The first-order valence-corrected chi connectivity index (χ1v) is 6.60. The van der Waals surface area contributed by atoms with Crippen LogP contribution in [0.5, 0.6) is 5.88 Å². The molecule has 1 fully saturated rings. The molecule has 2 rings (SSSR count). The largest absolute Gasteiger partial charge is 0.473 e. The van der Waals surface area contributed by atoms with Crippen molar-refractivity contribution in [2.75, 3.05) is 11.9 Å². The number of anilines is 1. The lowest BCUT2D eigenvalue weighted by Gasteiger charge is -2.22. The van der Waals surface area contributed by atoms with E-state index in [1.165, 1.54) is 19.3 Å². The summed E-state index contributed by atoms with van der Waals surface area (Å²) in [6.45, 7) is 2.78. The first-order valence-electron chi connectivity index (χ1n) is 6.22. The monoisotopic (exact) mass is 255 g/mol. The highest BCUT2D eigenvalue weighted by atomic mass is 35.5. The summed E-state index contributed by atoms with van der Waals surface area (Å²) in [5.41, 5.74) is 0. The fourth-order valence-corrected chi connectivity index (χ4v) is 2.15. The van der Waals surface area contributed by atoms with Crippen LogP contribution < -0.4 is 10.1 Å². The van der Waals surface area contributed by atoms with E-state index in [0.29, 0.717) is 16.9 Å². The predicted molar refractivity (Wildman–Crippen MR) is 68.7 cm³/mol. The van der Waals surface area contributed by atoms with Crippen LogP contribution in [0.4, 0.5) is 5.95 Å². The van der Waals surface area contributed by atoms with Crippen molar-refractivity contribution in [3.8, 4) is 5.88 Å². The lowest BCUT2D eigenvalue weighted by molar-refractivity contribution is 0.149. The van der Waals surface area contributed by atoms with Gasteiger partial charge < -0.3 is 10.1 Å². The molecule has 17 heavy (non-hydrogen) atoms. The molecule has 5 heteroatoms. The Balaban J connectivity index is 2.04. The summed E-state index contributed by atoms with van der Waals surface area (Å²) in [7, 11) is 0. The van der Waals surface area contributed by atoms with E-state index in [4.69, 9.17) is 16.3 Å². The Kier molecular flexibility index (Phi) is 4.42. The molecule has 1 aromatic heterocycles. The predicted octanol–water partition coefficient (Wildman–Crippen LogP) is 3.27. The molecular formula is C12H18ClN3O. The third kappa shape index (κ3) is 3.46. The molecule has 0 unspecified atom stereocenters. The van der Waals surface area contributed by atoms with Crippen LogP contribution in [-0.2, 0) is 0 Å². The van der Waals surface area contributed by atoms with Crippen LogP contribution in [0.15, 0.2) is 6.20 Å². The minimum Gasteiger partial charge on any atom is -0.473 e. The van der Waals surface area contributed by atoms with Crippen molar-refractivity contribution < 1.29 is 4.74 Å². The van der Waals surface area contributed by atoms with Gasteiger partial charge in [-0.2, -0.15) is 4.98 Å². The van der Waals surface area contributed by atoms with Crippen molar-refractivity contribution in [2.45, 2.75) is 45.1 Å². The summed E-state index contributed by atoms with van der Waals surface area (Å²) in [5, 5.41) is 3.54. The third-order valence-corrected chi connectivity index (χ3v) is 3.14. The van der Waals surface area contributed by atoms with Gasteiger partial charge in [0.2, 0.25) is 11.8 Å².